The van der Waals surface area contributed by atoms with Crippen LogP contribution in [0.1, 0.15) is 40.3 Å². The first-order chi connectivity index (χ1) is 11.0. The van der Waals surface area contributed by atoms with Crippen molar-refractivity contribution in [3.05, 3.63) is 47.2 Å². The number of aryl methyl sites for hydroxylation is 2. The number of nitrogens with one attached hydrogen (secondary N) is 1. The number of ether oxygens (including phenoxy) is 1. The number of pyridine rings is 1. The molecule has 6 heteroatoms. The Kier molecular flexibility index (Phi) is 4.19. The first kappa shape index (κ1) is 15.7. The molecule has 3 heterocycles. The molecule has 0 aliphatic carbocycles. The van der Waals surface area contributed by atoms with Crippen LogP contribution in [0.5, 0.6) is 0 Å². The monoisotopic (exact) mass is 316 g/mol. The quantitative estimate of drug-likeness (QED) is 0.909. The third-order valence-electron chi connectivity index (χ3n) is 4.13. The lowest BCUT2D eigenvalue weighted by Crippen LogP contribution is -2.34. The number of carbonyl (C=O) groups excluding carboxylic acids is 1. The zero-order chi connectivity index (χ0) is 16.4. The molecule has 0 atom stereocenters. The third kappa shape index (κ3) is 3.13. The van der Waals surface area contributed by atoms with Crippen molar-refractivity contribution in [1.82, 2.24) is 4.98 Å². The minimum absolute atomic E-state index is 0.302. The Bertz CT molecular complexity index is 717. The molecule has 122 valence electrons. The Morgan fingerprint density at radius 2 is 2.00 bits per heavy atom. The van der Waals surface area contributed by atoms with Crippen LogP contribution >= 0.6 is 0 Å². The fourth-order valence-electron chi connectivity index (χ4n) is 2.79. The van der Waals surface area contributed by atoms with E-state index < -0.39 is 5.60 Å². The molecule has 23 heavy (non-hydrogen) atoms. The molecule has 1 amide bonds. The van der Waals surface area contributed by atoms with Gasteiger partial charge in [0.2, 0.25) is 0 Å². The summed E-state index contributed by atoms with van der Waals surface area (Å²) in [4.78, 5) is 16.9. The summed E-state index contributed by atoms with van der Waals surface area (Å²) in [6, 6.07) is 5.23. The van der Waals surface area contributed by atoms with Gasteiger partial charge in [-0.05, 0) is 32.0 Å². The second-order valence-electron chi connectivity index (χ2n) is 5.85. The van der Waals surface area contributed by atoms with Gasteiger partial charge in [0.15, 0.2) is 0 Å². The highest BCUT2D eigenvalue weighted by molar-refractivity contribution is 6.05. The molecule has 1 aliphatic rings. The number of hydrogen-bond acceptors (Lipinski definition) is 5. The van der Waals surface area contributed by atoms with E-state index in [2.05, 4.69) is 10.3 Å². The van der Waals surface area contributed by atoms with E-state index >= 15 is 0 Å². The van der Waals surface area contributed by atoms with E-state index in [1.165, 1.54) is 6.26 Å². The Labute approximate surface area is 134 Å². The van der Waals surface area contributed by atoms with Crippen LogP contribution in [0, 0.1) is 13.8 Å². The Hall–Kier alpha value is -2.18. The van der Waals surface area contributed by atoms with Crippen LogP contribution in [0.2, 0.25) is 0 Å². The summed E-state index contributed by atoms with van der Waals surface area (Å²) in [5, 5.41) is 13.6. The van der Waals surface area contributed by atoms with Crippen LogP contribution in [0.3, 0.4) is 0 Å². The fourth-order valence-corrected chi connectivity index (χ4v) is 2.79. The van der Waals surface area contributed by atoms with Crippen LogP contribution < -0.4 is 5.32 Å². The first-order valence-electron chi connectivity index (χ1n) is 7.63. The van der Waals surface area contributed by atoms with Gasteiger partial charge >= 0.3 is 0 Å². The van der Waals surface area contributed by atoms with Gasteiger partial charge in [-0.2, -0.15) is 0 Å². The van der Waals surface area contributed by atoms with E-state index in [0.29, 0.717) is 43.1 Å². The van der Waals surface area contributed by atoms with Gasteiger partial charge in [-0.25, -0.2) is 0 Å². The van der Waals surface area contributed by atoms with Crippen LogP contribution in [0.15, 0.2) is 28.9 Å². The van der Waals surface area contributed by atoms with Crippen molar-refractivity contribution in [3.8, 4) is 0 Å². The average Bonchev–Trinajstić information content (AvgIpc) is 3.01. The molecular weight excluding hydrogens is 296 g/mol. The minimum atomic E-state index is -1.16. The minimum Gasteiger partial charge on any atom is -0.465 e. The van der Waals surface area contributed by atoms with Crippen molar-refractivity contribution in [3.63, 3.8) is 0 Å². The summed E-state index contributed by atoms with van der Waals surface area (Å²) in [5.41, 5.74) is 1.46. The molecule has 1 fully saturated rings. The maximum absolute atomic E-state index is 12.6. The maximum atomic E-state index is 12.6. The largest absolute Gasteiger partial charge is 0.465 e. The number of rotatable bonds is 3. The molecule has 0 saturated carbocycles. The molecule has 2 aromatic heterocycles. The predicted molar refractivity (Wildman–Crippen MR) is 84.3 cm³/mol. The maximum Gasteiger partial charge on any atom is 0.259 e. The third-order valence-corrected chi connectivity index (χ3v) is 4.13. The molecule has 0 radical (unpaired) electrons. The second-order valence-corrected chi connectivity index (χ2v) is 5.85. The topological polar surface area (TPSA) is 84.6 Å². The molecule has 1 saturated heterocycles. The van der Waals surface area contributed by atoms with Crippen LogP contribution in [-0.4, -0.2) is 29.2 Å². The molecule has 3 rings (SSSR count). The Morgan fingerprint density at radius 1 is 1.26 bits per heavy atom. The zero-order valence-corrected chi connectivity index (χ0v) is 13.3. The highest BCUT2D eigenvalue weighted by atomic mass is 16.5. The summed E-state index contributed by atoms with van der Waals surface area (Å²) in [6.45, 7) is 4.62. The standard InChI is InChI=1S/C17H20N2O4/c1-11-3-4-14(12(2)18-11)19-16(20)13-5-8-23-15(13)17(21)6-9-22-10-7-17/h3-5,8,21H,6-7,9-10H2,1-2H3,(H,19,20). The molecule has 2 N–H and O–H groups in total. The zero-order valence-electron chi connectivity index (χ0n) is 13.3. The van der Waals surface area contributed by atoms with Gasteiger partial charge in [-0.1, -0.05) is 0 Å². The number of carbonyl (C=O) groups is 1. The van der Waals surface area contributed by atoms with Crippen molar-refractivity contribution < 1.29 is 19.1 Å². The van der Waals surface area contributed by atoms with Crippen molar-refractivity contribution in [1.29, 1.82) is 0 Å². The molecule has 0 aromatic carbocycles. The second kappa shape index (κ2) is 6.14. The number of aromatic nitrogens is 1. The summed E-state index contributed by atoms with van der Waals surface area (Å²) in [6.07, 6.45) is 2.25. The molecule has 6 nitrogen and oxygen atoms in total. The SMILES string of the molecule is Cc1ccc(NC(=O)c2ccoc2C2(O)CCOCC2)c(C)n1. The lowest BCUT2D eigenvalue weighted by molar-refractivity contribution is -0.0803. The van der Waals surface area contributed by atoms with Crippen molar-refractivity contribution in [2.75, 3.05) is 18.5 Å². The van der Waals surface area contributed by atoms with Crippen molar-refractivity contribution >= 4 is 11.6 Å². The fraction of sp³-hybridized carbons (Fsp3) is 0.412. The normalized spacial score (nSPS) is 17.0. The van der Waals surface area contributed by atoms with Crippen LogP contribution in [-0.2, 0) is 10.3 Å². The van der Waals surface area contributed by atoms with Gasteiger partial charge in [0.05, 0.1) is 23.2 Å². The summed E-state index contributed by atoms with van der Waals surface area (Å²) >= 11 is 0. The van der Waals surface area contributed by atoms with Crippen LogP contribution in [0.4, 0.5) is 5.69 Å². The lowest BCUT2D eigenvalue weighted by atomic mass is 9.89. The van der Waals surface area contributed by atoms with Gasteiger partial charge in [-0.3, -0.25) is 9.78 Å². The smallest absolute Gasteiger partial charge is 0.259 e. The Morgan fingerprint density at radius 3 is 2.70 bits per heavy atom. The van der Waals surface area contributed by atoms with Crippen molar-refractivity contribution in [2.24, 2.45) is 0 Å². The van der Waals surface area contributed by atoms with E-state index in [4.69, 9.17) is 9.15 Å². The molecule has 2 aromatic rings. The average molecular weight is 316 g/mol. The molecule has 0 bridgehead atoms. The first-order valence-corrected chi connectivity index (χ1v) is 7.63. The van der Waals surface area contributed by atoms with Gasteiger partial charge in [0, 0.05) is 31.7 Å². The van der Waals surface area contributed by atoms with Crippen LogP contribution in [0.25, 0.3) is 0 Å². The highest BCUT2D eigenvalue weighted by Crippen LogP contribution is 2.35. The van der Waals surface area contributed by atoms with Gasteiger partial charge in [-0.15, -0.1) is 0 Å². The molecule has 0 spiro atoms. The number of aliphatic hydroxyl groups is 1. The van der Waals surface area contributed by atoms with Crippen molar-refractivity contribution in [2.45, 2.75) is 32.3 Å². The highest BCUT2D eigenvalue weighted by Gasteiger charge is 2.38. The number of hydrogen-bond donors (Lipinski definition) is 2. The number of furan rings is 1. The van der Waals surface area contributed by atoms with E-state index in [1.54, 1.807) is 6.07 Å². The summed E-state index contributed by atoms with van der Waals surface area (Å²) in [7, 11) is 0. The Balaban J connectivity index is 1.85. The molecule has 1 aliphatic heterocycles. The molecule has 0 unspecified atom stereocenters. The predicted octanol–water partition coefficient (Wildman–Crippen LogP) is 2.54. The number of anilines is 1. The van der Waals surface area contributed by atoms with Gasteiger partial charge in [0.1, 0.15) is 11.4 Å². The summed E-state index contributed by atoms with van der Waals surface area (Å²) in [5.74, 6) is -0.0153. The number of amides is 1. The lowest BCUT2D eigenvalue weighted by Gasteiger charge is -2.30. The van der Waals surface area contributed by atoms with E-state index in [9.17, 15) is 9.90 Å². The molecular formula is C17H20N2O4. The van der Waals surface area contributed by atoms with E-state index in [0.717, 1.165) is 11.4 Å². The van der Waals surface area contributed by atoms with E-state index in [1.807, 2.05) is 26.0 Å². The van der Waals surface area contributed by atoms with E-state index in [-0.39, 0.29) is 5.91 Å². The number of nitrogens with zero attached hydrogens (tertiary/aromatic N) is 1. The van der Waals surface area contributed by atoms with Gasteiger partial charge in [0.25, 0.3) is 5.91 Å². The van der Waals surface area contributed by atoms with Gasteiger partial charge < -0.3 is 19.6 Å². The summed E-state index contributed by atoms with van der Waals surface area (Å²) < 4.78 is 10.7.